The number of sulfonamides is 1. The van der Waals surface area contributed by atoms with Crippen LogP contribution < -0.4 is 0 Å². The van der Waals surface area contributed by atoms with E-state index in [1.165, 1.54) is 27.0 Å². The first-order valence-electron chi connectivity index (χ1n) is 8.16. The van der Waals surface area contributed by atoms with E-state index in [9.17, 15) is 18.3 Å². The fourth-order valence-electron chi connectivity index (χ4n) is 3.64. The lowest BCUT2D eigenvalue weighted by Gasteiger charge is -2.34. The van der Waals surface area contributed by atoms with Crippen molar-refractivity contribution in [3.8, 4) is 10.6 Å². The Morgan fingerprint density at radius 1 is 1.46 bits per heavy atom. The van der Waals surface area contributed by atoms with Crippen LogP contribution >= 0.6 is 22.7 Å². The Morgan fingerprint density at radius 3 is 2.92 bits per heavy atom. The van der Waals surface area contributed by atoms with Crippen LogP contribution in [-0.2, 0) is 19.6 Å². The fourth-order valence-corrected chi connectivity index (χ4v) is 7.30. The van der Waals surface area contributed by atoms with E-state index in [0.29, 0.717) is 13.0 Å². The molecule has 4 heterocycles. The Balaban J connectivity index is 1.63. The van der Waals surface area contributed by atoms with Gasteiger partial charge in [0.05, 0.1) is 27.6 Å². The van der Waals surface area contributed by atoms with Crippen molar-refractivity contribution in [2.24, 2.45) is 11.3 Å². The number of thiophene rings is 1. The topological polar surface area (TPSA) is 96.8 Å². The smallest absolute Gasteiger partial charge is 0.311 e. The Bertz CT molecular complexity index is 951. The molecule has 0 bridgehead atoms. The molecule has 0 spiro atoms. The Labute approximate surface area is 159 Å². The fraction of sp³-hybridized carbons (Fsp3) is 0.500. The lowest BCUT2D eigenvalue weighted by Crippen LogP contribution is -2.45. The van der Waals surface area contributed by atoms with E-state index in [0.717, 1.165) is 15.6 Å². The molecule has 26 heavy (non-hydrogen) atoms. The largest absolute Gasteiger partial charge is 0.481 e. The van der Waals surface area contributed by atoms with Crippen molar-refractivity contribution < 1.29 is 23.1 Å². The minimum Gasteiger partial charge on any atom is -0.481 e. The maximum Gasteiger partial charge on any atom is 0.311 e. The lowest BCUT2D eigenvalue weighted by atomic mass is 9.74. The molecule has 2 aromatic rings. The highest BCUT2D eigenvalue weighted by atomic mass is 32.2. The number of thiazole rings is 1. The standard InChI is InChI=1S/C16H18N2O5S3/c1-10-17-12(8-24-10)13-2-3-14(25-13)26(21,22)18-6-11-7-23-5-4-16(11,9-18)15(19)20/h2-3,8,11H,4-7,9H2,1H3,(H,19,20)/t11-,16+/m1/s1. The minimum absolute atomic E-state index is 0.00172. The highest BCUT2D eigenvalue weighted by Gasteiger charge is 2.56. The van der Waals surface area contributed by atoms with Crippen molar-refractivity contribution in [1.82, 2.24) is 9.29 Å². The average Bonchev–Trinajstić information content (AvgIpc) is 3.32. The molecule has 2 saturated heterocycles. The number of hydrogen-bond donors (Lipinski definition) is 1. The second-order valence-electron chi connectivity index (χ2n) is 6.65. The van der Waals surface area contributed by atoms with Crippen LogP contribution in [0.5, 0.6) is 0 Å². The first kappa shape index (κ1) is 18.1. The number of rotatable bonds is 4. The van der Waals surface area contributed by atoms with Gasteiger partial charge in [0.2, 0.25) is 0 Å². The van der Waals surface area contributed by atoms with Crippen LogP contribution in [0.2, 0.25) is 0 Å². The summed E-state index contributed by atoms with van der Waals surface area (Å²) in [6.07, 6.45) is 0.340. The number of aliphatic carboxylic acids is 1. The number of carbonyl (C=O) groups is 1. The second kappa shape index (κ2) is 6.38. The Morgan fingerprint density at radius 2 is 2.27 bits per heavy atom. The van der Waals surface area contributed by atoms with Gasteiger partial charge < -0.3 is 9.84 Å². The molecule has 0 aromatic carbocycles. The van der Waals surface area contributed by atoms with Gasteiger partial charge in [0.25, 0.3) is 10.0 Å². The van der Waals surface area contributed by atoms with E-state index < -0.39 is 21.4 Å². The zero-order valence-electron chi connectivity index (χ0n) is 14.0. The molecule has 4 rings (SSSR count). The summed E-state index contributed by atoms with van der Waals surface area (Å²) in [6.45, 7) is 2.72. The molecule has 2 aliphatic heterocycles. The maximum absolute atomic E-state index is 13.1. The van der Waals surface area contributed by atoms with Gasteiger partial charge in [-0.05, 0) is 25.5 Å². The van der Waals surface area contributed by atoms with Crippen LogP contribution in [-0.4, -0.2) is 55.1 Å². The predicted octanol–water partition coefficient (Wildman–Crippen LogP) is 2.29. The number of aryl methyl sites for hydroxylation is 1. The molecule has 0 aliphatic carbocycles. The second-order valence-corrected chi connectivity index (χ2v) is 11.0. The number of fused-ring (bicyclic) bond motifs is 1. The summed E-state index contributed by atoms with van der Waals surface area (Å²) in [7, 11) is -3.74. The van der Waals surface area contributed by atoms with E-state index in [2.05, 4.69) is 4.98 Å². The first-order valence-corrected chi connectivity index (χ1v) is 11.3. The molecular formula is C16H18N2O5S3. The monoisotopic (exact) mass is 414 g/mol. The molecule has 10 heteroatoms. The van der Waals surface area contributed by atoms with E-state index in [4.69, 9.17) is 4.74 Å². The molecule has 0 saturated carbocycles. The van der Waals surface area contributed by atoms with Crippen molar-refractivity contribution in [2.45, 2.75) is 17.6 Å². The maximum atomic E-state index is 13.1. The van der Waals surface area contributed by atoms with Gasteiger partial charge in [-0.25, -0.2) is 13.4 Å². The molecule has 2 aliphatic rings. The number of aromatic nitrogens is 1. The minimum atomic E-state index is -3.74. The third-order valence-corrected chi connectivity index (χ3v) is 9.31. The summed E-state index contributed by atoms with van der Waals surface area (Å²) in [5.74, 6) is -1.25. The van der Waals surface area contributed by atoms with E-state index >= 15 is 0 Å². The molecule has 2 atom stereocenters. The van der Waals surface area contributed by atoms with Gasteiger partial charge in [-0.15, -0.1) is 22.7 Å². The lowest BCUT2D eigenvalue weighted by molar-refractivity contribution is -0.157. The molecule has 140 valence electrons. The summed E-state index contributed by atoms with van der Waals surface area (Å²) < 4.78 is 33.1. The van der Waals surface area contributed by atoms with Crippen LogP contribution in [0.1, 0.15) is 11.4 Å². The normalized spacial score (nSPS) is 26.7. The van der Waals surface area contributed by atoms with Crippen molar-refractivity contribution in [2.75, 3.05) is 26.3 Å². The summed E-state index contributed by atoms with van der Waals surface area (Å²) in [5.41, 5.74) is -0.276. The van der Waals surface area contributed by atoms with E-state index in [-0.39, 0.29) is 29.8 Å². The summed E-state index contributed by atoms with van der Waals surface area (Å²) >= 11 is 2.68. The van der Waals surface area contributed by atoms with Gasteiger partial charge in [0, 0.05) is 31.0 Å². The third kappa shape index (κ3) is 2.80. The van der Waals surface area contributed by atoms with Crippen LogP contribution in [0.4, 0.5) is 0 Å². The highest BCUT2D eigenvalue weighted by Crippen LogP contribution is 2.45. The van der Waals surface area contributed by atoms with Gasteiger partial charge in [0.15, 0.2) is 0 Å². The number of carboxylic acids is 1. The summed E-state index contributed by atoms with van der Waals surface area (Å²) in [6, 6.07) is 3.33. The number of nitrogens with zero attached hydrogens (tertiary/aromatic N) is 2. The quantitative estimate of drug-likeness (QED) is 0.825. The molecule has 2 aromatic heterocycles. The highest BCUT2D eigenvalue weighted by molar-refractivity contribution is 7.91. The third-order valence-electron chi connectivity index (χ3n) is 5.15. The van der Waals surface area contributed by atoms with Gasteiger partial charge in [-0.2, -0.15) is 4.31 Å². The van der Waals surface area contributed by atoms with Gasteiger partial charge in [0.1, 0.15) is 4.21 Å². The number of carboxylic acid groups (broad SMARTS) is 1. The average molecular weight is 415 g/mol. The molecule has 1 N–H and O–H groups in total. The number of hydrogen-bond acceptors (Lipinski definition) is 7. The van der Waals surface area contributed by atoms with Crippen LogP contribution in [0, 0.1) is 18.3 Å². The molecule has 0 radical (unpaired) electrons. The first-order chi connectivity index (χ1) is 12.3. The molecule has 0 amide bonds. The zero-order valence-corrected chi connectivity index (χ0v) is 16.5. The Kier molecular flexibility index (Phi) is 4.43. The molecule has 2 fully saturated rings. The molecule has 7 nitrogen and oxygen atoms in total. The van der Waals surface area contributed by atoms with Crippen molar-refractivity contribution >= 4 is 38.7 Å². The molecule has 0 unspecified atom stereocenters. The molecular weight excluding hydrogens is 396 g/mol. The predicted molar refractivity (Wildman–Crippen MR) is 97.9 cm³/mol. The number of ether oxygens (including phenoxy) is 1. The van der Waals surface area contributed by atoms with Crippen LogP contribution in [0.3, 0.4) is 0 Å². The van der Waals surface area contributed by atoms with Gasteiger partial charge in [-0.1, -0.05) is 0 Å². The van der Waals surface area contributed by atoms with Crippen LogP contribution in [0.25, 0.3) is 10.6 Å². The zero-order chi connectivity index (χ0) is 18.5. The van der Waals surface area contributed by atoms with Crippen molar-refractivity contribution in [3.63, 3.8) is 0 Å². The van der Waals surface area contributed by atoms with Crippen molar-refractivity contribution in [3.05, 3.63) is 22.5 Å². The van der Waals surface area contributed by atoms with Gasteiger partial charge in [-0.3, -0.25) is 4.79 Å². The SMILES string of the molecule is Cc1nc(-c2ccc(S(=O)(=O)N3C[C@@H]4COCC[C@]4(C(=O)O)C3)s2)cs1. The van der Waals surface area contributed by atoms with Crippen molar-refractivity contribution in [1.29, 1.82) is 0 Å². The van der Waals surface area contributed by atoms with E-state index in [1.807, 2.05) is 12.3 Å². The summed E-state index contributed by atoms with van der Waals surface area (Å²) in [4.78, 5) is 17.1. The van der Waals surface area contributed by atoms with E-state index in [1.54, 1.807) is 12.1 Å². The summed E-state index contributed by atoms with van der Waals surface area (Å²) in [5, 5.41) is 12.5. The Hall–Kier alpha value is -1.33. The van der Waals surface area contributed by atoms with Crippen LogP contribution in [0.15, 0.2) is 21.7 Å². The van der Waals surface area contributed by atoms with Gasteiger partial charge >= 0.3 is 5.97 Å².